The molecule has 0 fully saturated rings. The van der Waals surface area contributed by atoms with Gasteiger partial charge in [0.15, 0.2) is 5.78 Å². The second-order valence-electron chi connectivity index (χ2n) is 4.43. The van der Waals surface area contributed by atoms with Crippen LogP contribution in [0.2, 0.25) is 0 Å². The molecule has 1 amide bonds. The topological polar surface area (TPSA) is 88.4 Å². The van der Waals surface area contributed by atoms with Gasteiger partial charge >= 0.3 is 5.97 Å². The van der Waals surface area contributed by atoms with Crippen LogP contribution in [0.1, 0.15) is 47.5 Å². The average Bonchev–Trinajstić information content (AvgIpc) is 2.70. The molecule has 0 aliphatic carbocycles. The predicted octanol–water partition coefficient (Wildman–Crippen LogP) is 1.21. The van der Waals surface area contributed by atoms with Crippen LogP contribution in [0, 0.1) is 0 Å². The number of hydrogen-bond donors (Lipinski definition) is 2. The lowest BCUT2D eigenvalue weighted by Gasteiger charge is -2.13. The van der Waals surface area contributed by atoms with Crippen LogP contribution in [0.15, 0.2) is 12.3 Å². The van der Waals surface area contributed by atoms with Crippen molar-refractivity contribution in [3.63, 3.8) is 0 Å². The second kappa shape index (κ2) is 6.17. The number of carbonyl (C=O) groups is 3. The zero-order valence-electron chi connectivity index (χ0n) is 11.3. The van der Waals surface area contributed by atoms with E-state index in [1.165, 1.54) is 17.6 Å². The van der Waals surface area contributed by atoms with E-state index in [-0.39, 0.29) is 11.5 Å². The van der Waals surface area contributed by atoms with Gasteiger partial charge in [-0.3, -0.25) is 9.59 Å². The number of aliphatic carboxylic acids is 1. The Morgan fingerprint density at radius 1 is 1.42 bits per heavy atom. The molecular formula is C13H18N2O4. The third-order valence-corrected chi connectivity index (χ3v) is 2.82. The lowest BCUT2D eigenvalue weighted by atomic mass is 10.1. The summed E-state index contributed by atoms with van der Waals surface area (Å²) in [5.74, 6) is -1.69. The Bertz CT molecular complexity index is 505. The van der Waals surface area contributed by atoms with Gasteiger partial charge in [0, 0.05) is 18.8 Å². The maximum Gasteiger partial charge on any atom is 0.326 e. The summed E-state index contributed by atoms with van der Waals surface area (Å²) >= 11 is 0. The number of carboxylic acids is 1. The Labute approximate surface area is 111 Å². The average molecular weight is 266 g/mol. The maximum atomic E-state index is 12.0. The van der Waals surface area contributed by atoms with Gasteiger partial charge in [0.1, 0.15) is 11.7 Å². The van der Waals surface area contributed by atoms with Crippen molar-refractivity contribution in [1.82, 2.24) is 9.88 Å². The van der Waals surface area contributed by atoms with Crippen molar-refractivity contribution in [2.75, 3.05) is 0 Å². The minimum atomic E-state index is -1.06. The minimum absolute atomic E-state index is 0.141. The summed E-state index contributed by atoms with van der Waals surface area (Å²) in [5, 5.41) is 11.4. The molecule has 0 bridgehead atoms. The molecule has 1 aromatic rings. The first-order valence-corrected chi connectivity index (χ1v) is 6.07. The third kappa shape index (κ3) is 3.67. The number of amides is 1. The van der Waals surface area contributed by atoms with Crippen LogP contribution >= 0.6 is 0 Å². The molecule has 0 saturated heterocycles. The first kappa shape index (κ1) is 14.9. The van der Waals surface area contributed by atoms with E-state index in [0.29, 0.717) is 18.4 Å². The number of carbonyl (C=O) groups excluding carboxylic acids is 2. The van der Waals surface area contributed by atoms with Crippen LogP contribution in [0.4, 0.5) is 0 Å². The van der Waals surface area contributed by atoms with Gasteiger partial charge in [-0.15, -0.1) is 0 Å². The fraction of sp³-hybridized carbons (Fsp3) is 0.462. The fourth-order valence-corrected chi connectivity index (χ4v) is 1.76. The maximum absolute atomic E-state index is 12.0. The minimum Gasteiger partial charge on any atom is -0.480 e. The third-order valence-electron chi connectivity index (χ3n) is 2.82. The first-order chi connectivity index (χ1) is 8.86. The summed E-state index contributed by atoms with van der Waals surface area (Å²) < 4.78 is 1.51. The molecule has 0 radical (unpaired) electrons. The molecular weight excluding hydrogens is 248 g/mol. The number of carboxylic acid groups (broad SMARTS) is 1. The number of Topliss-reactive ketones (excluding diaryl/α,β-unsaturated/α-hetero) is 1. The highest BCUT2D eigenvalue weighted by molar-refractivity contribution is 6.00. The molecule has 6 heteroatoms. The summed E-state index contributed by atoms with van der Waals surface area (Å²) in [7, 11) is 1.64. The van der Waals surface area contributed by atoms with E-state index in [9.17, 15) is 14.4 Å². The van der Waals surface area contributed by atoms with Crippen molar-refractivity contribution in [3.05, 3.63) is 23.5 Å². The highest BCUT2D eigenvalue weighted by atomic mass is 16.4. The van der Waals surface area contributed by atoms with Crippen LogP contribution in [0.3, 0.4) is 0 Å². The molecule has 0 spiro atoms. The number of aryl methyl sites for hydroxylation is 1. The van der Waals surface area contributed by atoms with Crippen molar-refractivity contribution < 1.29 is 19.5 Å². The van der Waals surface area contributed by atoms with Gasteiger partial charge in [-0.2, -0.15) is 0 Å². The van der Waals surface area contributed by atoms with Crippen LogP contribution in [-0.4, -0.2) is 33.4 Å². The van der Waals surface area contributed by atoms with Crippen molar-refractivity contribution in [1.29, 1.82) is 0 Å². The molecule has 0 aliphatic rings. The number of ketones is 1. The molecule has 1 aromatic heterocycles. The SMILES string of the molecule is CCC[C@H](NC(=O)c1cc(C(C)=O)cn1C)C(=O)O. The zero-order chi connectivity index (χ0) is 14.6. The Morgan fingerprint density at radius 2 is 2.05 bits per heavy atom. The number of nitrogens with zero attached hydrogens (tertiary/aromatic N) is 1. The van der Waals surface area contributed by atoms with Gasteiger partial charge in [-0.1, -0.05) is 13.3 Å². The Hall–Kier alpha value is -2.11. The largest absolute Gasteiger partial charge is 0.480 e. The fourth-order valence-electron chi connectivity index (χ4n) is 1.76. The molecule has 1 atom stereocenters. The molecule has 6 nitrogen and oxygen atoms in total. The monoisotopic (exact) mass is 266 g/mol. The molecule has 2 N–H and O–H groups in total. The van der Waals surface area contributed by atoms with Crippen LogP contribution < -0.4 is 5.32 Å². The second-order valence-corrected chi connectivity index (χ2v) is 4.43. The predicted molar refractivity (Wildman–Crippen MR) is 69.2 cm³/mol. The lowest BCUT2D eigenvalue weighted by molar-refractivity contribution is -0.139. The van der Waals surface area contributed by atoms with Gasteiger partial charge in [0.2, 0.25) is 0 Å². The quantitative estimate of drug-likeness (QED) is 0.757. The molecule has 0 saturated carbocycles. The Morgan fingerprint density at radius 3 is 2.47 bits per heavy atom. The highest BCUT2D eigenvalue weighted by Crippen LogP contribution is 2.09. The van der Waals surface area contributed by atoms with Gasteiger partial charge < -0.3 is 15.0 Å². The van der Waals surface area contributed by atoms with Gasteiger partial charge in [0.25, 0.3) is 5.91 Å². The number of aromatic nitrogens is 1. The molecule has 0 unspecified atom stereocenters. The summed E-state index contributed by atoms with van der Waals surface area (Å²) in [6, 6.07) is 0.552. The normalized spacial score (nSPS) is 11.9. The van der Waals surface area contributed by atoms with E-state index in [0.717, 1.165) is 0 Å². The van der Waals surface area contributed by atoms with Crippen molar-refractivity contribution in [3.8, 4) is 0 Å². The molecule has 19 heavy (non-hydrogen) atoms. The van der Waals surface area contributed by atoms with Gasteiger partial charge in [-0.05, 0) is 19.4 Å². The van der Waals surface area contributed by atoms with E-state index in [4.69, 9.17) is 5.11 Å². The Balaban J connectivity index is 2.88. The zero-order valence-corrected chi connectivity index (χ0v) is 11.3. The highest BCUT2D eigenvalue weighted by Gasteiger charge is 2.21. The summed E-state index contributed by atoms with van der Waals surface area (Å²) in [5.41, 5.74) is 0.697. The van der Waals surface area contributed by atoms with Crippen LogP contribution in [-0.2, 0) is 11.8 Å². The van der Waals surface area contributed by atoms with E-state index in [1.807, 2.05) is 6.92 Å². The van der Waals surface area contributed by atoms with E-state index in [2.05, 4.69) is 5.32 Å². The number of nitrogens with one attached hydrogen (secondary N) is 1. The van der Waals surface area contributed by atoms with Crippen molar-refractivity contribution in [2.45, 2.75) is 32.7 Å². The van der Waals surface area contributed by atoms with Gasteiger partial charge in [0.05, 0.1) is 0 Å². The van der Waals surface area contributed by atoms with E-state index in [1.54, 1.807) is 13.2 Å². The Kier molecular flexibility index (Phi) is 4.86. The number of hydrogen-bond acceptors (Lipinski definition) is 3. The standard InChI is InChI=1S/C13H18N2O4/c1-4-5-10(13(18)19)14-12(17)11-6-9(8(2)16)7-15(11)3/h6-7,10H,4-5H2,1-3H3,(H,14,17)(H,18,19)/t10-/m0/s1. The van der Waals surface area contributed by atoms with Crippen molar-refractivity contribution in [2.24, 2.45) is 7.05 Å². The molecule has 0 aromatic carbocycles. The van der Waals surface area contributed by atoms with Crippen LogP contribution in [0.5, 0.6) is 0 Å². The van der Waals surface area contributed by atoms with Crippen LogP contribution in [0.25, 0.3) is 0 Å². The molecule has 0 aliphatic heterocycles. The van der Waals surface area contributed by atoms with E-state index < -0.39 is 17.9 Å². The van der Waals surface area contributed by atoms with Crippen molar-refractivity contribution >= 4 is 17.7 Å². The lowest BCUT2D eigenvalue weighted by Crippen LogP contribution is -2.41. The molecule has 104 valence electrons. The summed E-state index contributed by atoms with van der Waals surface area (Å²) in [6.07, 6.45) is 2.57. The number of rotatable bonds is 6. The molecule has 1 rings (SSSR count). The van der Waals surface area contributed by atoms with E-state index >= 15 is 0 Å². The van der Waals surface area contributed by atoms with Gasteiger partial charge in [-0.25, -0.2) is 4.79 Å². The summed E-state index contributed by atoms with van der Waals surface area (Å²) in [6.45, 7) is 3.26. The smallest absolute Gasteiger partial charge is 0.326 e. The summed E-state index contributed by atoms with van der Waals surface area (Å²) in [4.78, 5) is 34.2. The first-order valence-electron chi connectivity index (χ1n) is 6.07. The molecule has 1 heterocycles.